The minimum Gasteiger partial charge on any atom is -0.338 e. The lowest BCUT2D eigenvalue weighted by molar-refractivity contribution is -0.129. The van der Waals surface area contributed by atoms with Gasteiger partial charge in [0.2, 0.25) is 5.91 Å². The predicted octanol–water partition coefficient (Wildman–Crippen LogP) is 6.67. The largest absolute Gasteiger partial charge is 0.338 e. The van der Waals surface area contributed by atoms with Gasteiger partial charge >= 0.3 is 0 Å². The van der Waals surface area contributed by atoms with E-state index >= 15 is 0 Å². The molecule has 0 spiro atoms. The number of H-pyrrole nitrogens is 1. The van der Waals surface area contributed by atoms with E-state index in [1.165, 1.54) is 19.3 Å². The van der Waals surface area contributed by atoms with Gasteiger partial charge in [0, 0.05) is 28.6 Å². The number of benzene rings is 2. The number of fused-ring (bicyclic) bond motifs is 3. The molecule has 2 aromatic heterocycles. The summed E-state index contributed by atoms with van der Waals surface area (Å²) in [6.07, 6.45) is 7.37. The van der Waals surface area contributed by atoms with Crippen molar-refractivity contribution in [2.24, 2.45) is 23.2 Å². The second-order valence-corrected chi connectivity index (χ2v) is 11.5. The van der Waals surface area contributed by atoms with Crippen LogP contribution in [-0.2, 0) is 4.79 Å². The first-order chi connectivity index (χ1) is 18.3. The molecule has 38 heavy (non-hydrogen) atoms. The molecule has 3 N–H and O–H groups in total. The molecule has 2 saturated carbocycles. The number of amides is 2. The Hall–Kier alpha value is -4.00. The van der Waals surface area contributed by atoms with Crippen molar-refractivity contribution < 1.29 is 9.59 Å². The van der Waals surface area contributed by atoms with Gasteiger partial charge in [-0.05, 0) is 104 Å². The summed E-state index contributed by atoms with van der Waals surface area (Å²) in [5, 5.41) is 6.06. The Morgan fingerprint density at radius 1 is 0.921 bits per heavy atom. The monoisotopic (exact) mass is 507 g/mol. The van der Waals surface area contributed by atoms with E-state index in [-0.39, 0.29) is 17.2 Å². The van der Waals surface area contributed by atoms with Crippen molar-refractivity contribution in [1.82, 2.24) is 15.0 Å². The Balaban J connectivity index is 1.13. The lowest BCUT2D eigenvalue weighted by Gasteiger charge is -2.46. The van der Waals surface area contributed by atoms with E-state index < -0.39 is 0 Å². The van der Waals surface area contributed by atoms with Crippen molar-refractivity contribution >= 4 is 34.2 Å². The van der Waals surface area contributed by atoms with Gasteiger partial charge in [0.25, 0.3) is 5.91 Å². The second-order valence-electron chi connectivity index (χ2n) is 11.5. The van der Waals surface area contributed by atoms with Crippen LogP contribution in [-0.4, -0.2) is 26.8 Å². The van der Waals surface area contributed by atoms with Gasteiger partial charge in [-0.1, -0.05) is 19.9 Å². The van der Waals surface area contributed by atoms with Crippen LogP contribution in [0.3, 0.4) is 0 Å². The molecule has 2 bridgehead atoms. The highest BCUT2D eigenvalue weighted by atomic mass is 16.2. The topological polar surface area (TPSA) is 99.8 Å². The van der Waals surface area contributed by atoms with E-state index in [1.807, 2.05) is 42.5 Å². The molecule has 0 saturated heterocycles. The van der Waals surface area contributed by atoms with Crippen LogP contribution in [0.1, 0.15) is 56.4 Å². The van der Waals surface area contributed by atoms with Gasteiger partial charge in [-0.15, -0.1) is 0 Å². The molecule has 4 aromatic rings. The fourth-order valence-corrected chi connectivity index (χ4v) is 6.68. The maximum absolute atomic E-state index is 13.3. The third kappa shape index (κ3) is 4.93. The Morgan fingerprint density at radius 3 is 2.37 bits per heavy atom. The number of aromatic amines is 1. The molecule has 2 fully saturated rings. The first-order valence-corrected chi connectivity index (χ1v) is 13.5. The standard InChI is InChI=1S/C31H33N5O2/c1-19-13-20-15-21(14-19)18-31(2,17-20)30(38)34-23-8-6-22(7-9-23)28-35-25-11-10-24(16-27(25)36-28)33-29(37)26-5-3-4-12-32-26/h3-12,16,19-21H,13-15,17-18H2,1-2H3,(H,33,37)(H,34,38)(H,35,36). The summed E-state index contributed by atoms with van der Waals surface area (Å²) in [4.78, 5) is 37.9. The van der Waals surface area contributed by atoms with Crippen molar-refractivity contribution in [3.63, 3.8) is 0 Å². The van der Waals surface area contributed by atoms with Gasteiger partial charge in [0.1, 0.15) is 11.5 Å². The summed E-state index contributed by atoms with van der Waals surface area (Å²) < 4.78 is 0. The van der Waals surface area contributed by atoms with Crippen LogP contribution in [0.2, 0.25) is 0 Å². The number of nitrogens with zero attached hydrogens (tertiary/aromatic N) is 2. The van der Waals surface area contributed by atoms with E-state index in [0.29, 0.717) is 23.2 Å². The molecule has 2 aliphatic carbocycles. The minimum absolute atomic E-state index is 0.138. The van der Waals surface area contributed by atoms with Crippen molar-refractivity contribution in [2.75, 3.05) is 10.6 Å². The van der Waals surface area contributed by atoms with Crippen LogP contribution in [0.4, 0.5) is 11.4 Å². The van der Waals surface area contributed by atoms with Crippen LogP contribution in [0.15, 0.2) is 66.9 Å². The summed E-state index contributed by atoms with van der Waals surface area (Å²) >= 11 is 0. The minimum atomic E-state index is -0.297. The molecule has 2 atom stereocenters. The van der Waals surface area contributed by atoms with Crippen molar-refractivity contribution in [3.05, 3.63) is 72.6 Å². The van der Waals surface area contributed by atoms with E-state index in [2.05, 4.69) is 34.4 Å². The quantitative estimate of drug-likeness (QED) is 0.281. The molecule has 2 amide bonds. The van der Waals surface area contributed by atoms with Gasteiger partial charge < -0.3 is 15.6 Å². The maximum atomic E-state index is 13.3. The van der Waals surface area contributed by atoms with E-state index in [9.17, 15) is 9.59 Å². The van der Waals surface area contributed by atoms with Crippen molar-refractivity contribution in [1.29, 1.82) is 0 Å². The zero-order valence-electron chi connectivity index (χ0n) is 21.8. The SMILES string of the molecule is CC1CC2CC(C1)CC(C)(C(=O)Nc1ccc(-c3nc4ccc(NC(=O)c5ccccn5)cc4[nH]3)cc1)C2. The van der Waals surface area contributed by atoms with Crippen molar-refractivity contribution in [2.45, 2.75) is 46.0 Å². The predicted molar refractivity (Wildman–Crippen MR) is 150 cm³/mol. The first kappa shape index (κ1) is 24.3. The molecule has 194 valence electrons. The number of anilines is 2. The number of rotatable bonds is 5. The Kier molecular flexibility index (Phi) is 6.22. The van der Waals surface area contributed by atoms with E-state index in [4.69, 9.17) is 4.98 Å². The lowest BCUT2D eigenvalue weighted by Crippen LogP contribution is -2.43. The molecule has 2 aliphatic rings. The number of pyridine rings is 1. The van der Waals surface area contributed by atoms with Gasteiger partial charge in [-0.25, -0.2) is 4.98 Å². The number of aromatic nitrogens is 3. The third-order valence-corrected chi connectivity index (χ3v) is 8.22. The Bertz CT molecular complexity index is 1460. The number of carbonyl (C=O) groups excluding carboxylic acids is 2. The van der Waals surface area contributed by atoms with Gasteiger partial charge in [0.15, 0.2) is 0 Å². The molecule has 2 unspecified atom stereocenters. The second kappa shape index (κ2) is 9.71. The zero-order valence-corrected chi connectivity index (χ0v) is 21.8. The van der Waals surface area contributed by atoms with Gasteiger partial charge in [-0.3, -0.25) is 14.6 Å². The smallest absolute Gasteiger partial charge is 0.274 e. The first-order valence-electron chi connectivity index (χ1n) is 13.5. The Morgan fingerprint density at radius 2 is 1.66 bits per heavy atom. The average Bonchev–Trinajstić information content (AvgIpc) is 3.32. The third-order valence-electron chi connectivity index (χ3n) is 8.22. The number of hydrogen-bond acceptors (Lipinski definition) is 4. The molecular weight excluding hydrogens is 474 g/mol. The molecule has 0 radical (unpaired) electrons. The highest BCUT2D eigenvalue weighted by Gasteiger charge is 2.45. The summed E-state index contributed by atoms with van der Waals surface area (Å²) in [6.45, 7) is 4.50. The van der Waals surface area contributed by atoms with Crippen LogP contribution in [0.25, 0.3) is 22.4 Å². The Labute approximate surface area is 222 Å². The fraction of sp³-hybridized carbons (Fsp3) is 0.355. The summed E-state index contributed by atoms with van der Waals surface area (Å²) in [7, 11) is 0. The number of imidazole rings is 1. The highest BCUT2D eigenvalue weighted by molar-refractivity contribution is 6.03. The summed E-state index contributed by atoms with van der Waals surface area (Å²) in [5.74, 6) is 2.74. The fourth-order valence-electron chi connectivity index (χ4n) is 6.68. The molecule has 7 nitrogen and oxygen atoms in total. The molecule has 2 heterocycles. The molecule has 6 rings (SSSR count). The van der Waals surface area contributed by atoms with E-state index in [1.54, 1.807) is 24.4 Å². The normalized spacial score (nSPS) is 24.6. The van der Waals surface area contributed by atoms with Crippen LogP contribution in [0, 0.1) is 23.2 Å². The van der Waals surface area contributed by atoms with Gasteiger partial charge in [-0.2, -0.15) is 0 Å². The zero-order chi connectivity index (χ0) is 26.3. The number of carbonyl (C=O) groups is 2. The van der Waals surface area contributed by atoms with E-state index in [0.717, 1.165) is 46.9 Å². The summed E-state index contributed by atoms with van der Waals surface area (Å²) in [5.41, 5.74) is 4.08. The van der Waals surface area contributed by atoms with Gasteiger partial charge in [0.05, 0.1) is 11.0 Å². The average molecular weight is 508 g/mol. The maximum Gasteiger partial charge on any atom is 0.274 e. The lowest BCUT2D eigenvalue weighted by atomic mass is 9.59. The molecular formula is C31H33N5O2. The summed E-state index contributed by atoms with van der Waals surface area (Å²) in [6, 6.07) is 18.6. The molecule has 2 aromatic carbocycles. The van der Waals surface area contributed by atoms with Crippen molar-refractivity contribution in [3.8, 4) is 11.4 Å². The number of hydrogen-bond donors (Lipinski definition) is 3. The van der Waals surface area contributed by atoms with Crippen LogP contribution in [0.5, 0.6) is 0 Å². The van der Waals surface area contributed by atoms with Crippen LogP contribution < -0.4 is 10.6 Å². The number of nitrogens with one attached hydrogen (secondary N) is 3. The van der Waals surface area contributed by atoms with Crippen LogP contribution >= 0.6 is 0 Å². The molecule has 0 aliphatic heterocycles. The highest BCUT2D eigenvalue weighted by Crippen LogP contribution is 2.50. The molecule has 7 heteroatoms.